The Morgan fingerprint density at radius 2 is 1.97 bits per heavy atom. The van der Waals surface area contributed by atoms with Crippen LogP contribution in [-0.2, 0) is 4.74 Å². The molecule has 5 atom stereocenters. The summed E-state index contributed by atoms with van der Waals surface area (Å²) in [7, 11) is 5.84. The zero-order valence-electron chi connectivity index (χ0n) is 18.8. The van der Waals surface area contributed by atoms with E-state index in [9.17, 15) is 4.79 Å². The lowest BCUT2D eigenvalue weighted by Gasteiger charge is -2.51. The highest BCUT2D eigenvalue weighted by Crippen LogP contribution is 2.37. The first kappa shape index (κ1) is 21.6. The number of hydrogen-bond donors (Lipinski definition) is 1. The van der Waals surface area contributed by atoms with Gasteiger partial charge in [0.15, 0.2) is 0 Å². The van der Waals surface area contributed by atoms with Crippen molar-refractivity contribution in [3.05, 3.63) is 29.8 Å². The second-order valence-corrected chi connectivity index (χ2v) is 9.59. The molecule has 4 heterocycles. The van der Waals surface area contributed by atoms with E-state index in [1.165, 1.54) is 51.9 Å². The quantitative estimate of drug-likeness (QED) is 0.707. The van der Waals surface area contributed by atoms with Gasteiger partial charge in [0, 0.05) is 64.2 Å². The molecule has 2 bridgehead atoms. The van der Waals surface area contributed by atoms with Crippen molar-refractivity contribution < 1.29 is 9.53 Å². The van der Waals surface area contributed by atoms with Gasteiger partial charge in [-0.05, 0) is 74.9 Å². The van der Waals surface area contributed by atoms with E-state index >= 15 is 0 Å². The van der Waals surface area contributed by atoms with Crippen LogP contribution in [0.5, 0.6) is 0 Å². The summed E-state index contributed by atoms with van der Waals surface area (Å²) in [6.45, 7) is 6.42. The standard InChI is InChI=1S/C24H38N4O2/c1-26(2)21-8-6-18(7-9-21)24(29)25-14-23-13-19-10-12-28(23)16-20(19)15-27-11-4-5-22(27)17-30-3/h6-9,19-20,22-23H,4-5,10-17H2,1-3H3,(H,25,29). The fraction of sp³-hybridized carbons (Fsp3) is 0.708. The first-order valence-electron chi connectivity index (χ1n) is 11.6. The molecule has 5 rings (SSSR count). The van der Waals surface area contributed by atoms with Gasteiger partial charge in [-0.15, -0.1) is 0 Å². The molecule has 1 amide bonds. The normalized spacial score (nSPS) is 31.1. The Kier molecular flexibility index (Phi) is 6.96. The lowest BCUT2D eigenvalue weighted by molar-refractivity contribution is -0.0167. The molecular weight excluding hydrogens is 376 g/mol. The topological polar surface area (TPSA) is 48.1 Å². The minimum absolute atomic E-state index is 0.0407. The van der Waals surface area contributed by atoms with Crippen LogP contribution in [0.25, 0.3) is 0 Å². The smallest absolute Gasteiger partial charge is 0.251 e. The van der Waals surface area contributed by atoms with Crippen molar-refractivity contribution >= 4 is 11.6 Å². The molecule has 4 saturated heterocycles. The fourth-order valence-electron chi connectivity index (χ4n) is 5.71. The van der Waals surface area contributed by atoms with Crippen LogP contribution in [0.1, 0.15) is 36.0 Å². The summed E-state index contributed by atoms with van der Waals surface area (Å²) in [5.74, 6) is 1.60. The number of carbonyl (C=O) groups excluding carboxylic acids is 1. The molecule has 0 aromatic heterocycles. The maximum Gasteiger partial charge on any atom is 0.251 e. The number of benzene rings is 1. The highest BCUT2D eigenvalue weighted by Gasteiger charge is 2.41. The number of likely N-dealkylation sites (tertiary alicyclic amines) is 1. The molecule has 0 spiro atoms. The minimum Gasteiger partial charge on any atom is -0.383 e. The molecule has 0 aliphatic carbocycles. The Morgan fingerprint density at radius 3 is 2.63 bits per heavy atom. The number of anilines is 1. The molecular formula is C24H38N4O2. The predicted molar refractivity (Wildman–Crippen MR) is 121 cm³/mol. The number of nitrogens with zero attached hydrogens (tertiary/aromatic N) is 3. The number of hydrogen-bond acceptors (Lipinski definition) is 5. The van der Waals surface area contributed by atoms with Gasteiger partial charge in [0.25, 0.3) is 5.91 Å². The molecule has 1 N–H and O–H groups in total. The molecule has 1 aromatic carbocycles. The maximum absolute atomic E-state index is 12.6. The molecule has 0 radical (unpaired) electrons. The number of carbonyl (C=O) groups is 1. The lowest BCUT2D eigenvalue weighted by Crippen LogP contribution is -2.58. The van der Waals surface area contributed by atoms with Crippen LogP contribution in [0.15, 0.2) is 24.3 Å². The molecule has 1 aromatic rings. The monoisotopic (exact) mass is 414 g/mol. The van der Waals surface area contributed by atoms with E-state index in [1.54, 1.807) is 0 Å². The Morgan fingerprint density at radius 1 is 1.17 bits per heavy atom. The highest BCUT2D eigenvalue weighted by molar-refractivity contribution is 5.94. The van der Waals surface area contributed by atoms with Gasteiger partial charge in [-0.25, -0.2) is 0 Å². The molecule has 30 heavy (non-hydrogen) atoms. The SMILES string of the molecule is COCC1CCCN1CC1CN2CCC1CC2CNC(=O)c1ccc(N(C)C)cc1. The fourth-order valence-corrected chi connectivity index (χ4v) is 5.71. The first-order valence-corrected chi connectivity index (χ1v) is 11.6. The zero-order chi connectivity index (χ0) is 21.1. The Bertz CT molecular complexity index is 708. The van der Waals surface area contributed by atoms with Crippen molar-refractivity contribution in [1.82, 2.24) is 15.1 Å². The second-order valence-electron chi connectivity index (χ2n) is 9.59. The summed E-state index contributed by atoms with van der Waals surface area (Å²) >= 11 is 0. The molecule has 6 heteroatoms. The average molecular weight is 415 g/mol. The number of fused-ring (bicyclic) bond motifs is 3. The van der Waals surface area contributed by atoms with Crippen LogP contribution < -0.4 is 10.2 Å². The number of nitrogens with one attached hydrogen (secondary N) is 1. The largest absolute Gasteiger partial charge is 0.383 e. The van der Waals surface area contributed by atoms with Gasteiger partial charge in [0.2, 0.25) is 0 Å². The summed E-state index contributed by atoms with van der Waals surface area (Å²) < 4.78 is 5.44. The van der Waals surface area contributed by atoms with Crippen molar-refractivity contribution in [3.63, 3.8) is 0 Å². The van der Waals surface area contributed by atoms with E-state index in [-0.39, 0.29) is 5.91 Å². The summed E-state index contributed by atoms with van der Waals surface area (Å²) in [4.78, 5) is 19.9. The second kappa shape index (κ2) is 9.67. The van der Waals surface area contributed by atoms with Crippen molar-refractivity contribution in [2.45, 2.75) is 37.8 Å². The third-order valence-electron chi connectivity index (χ3n) is 7.49. The summed E-state index contributed by atoms with van der Waals surface area (Å²) in [5, 5.41) is 3.19. The molecule has 0 saturated carbocycles. The van der Waals surface area contributed by atoms with Gasteiger partial charge in [-0.2, -0.15) is 0 Å². The van der Waals surface area contributed by atoms with E-state index in [1.807, 2.05) is 50.4 Å². The number of ether oxygens (including phenoxy) is 1. The molecule has 4 aliphatic heterocycles. The van der Waals surface area contributed by atoms with Gasteiger partial charge in [0.05, 0.1) is 6.61 Å². The van der Waals surface area contributed by atoms with Crippen molar-refractivity contribution in [3.8, 4) is 0 Å². The number of methoxy groups -OCH3 is 1. The van der Waals surface area contributed by atoms with Gasteiger partial charge in [-0.1, -0.05) is 0 Å². The van der Waals surface area contributed by atoms with Crippen LogP contribution in [0.2, 0.25) is 0 Å². The minimum atomic E-state index is 0.0407. The third kappa shape index (κ3) is 4.82. The van der Waals surface area contributed by atoms with Crippen LogP contribution in [-0.4, -0.2) is 88.3 Å². The molecule has 4 fully saturated rings. The zero-order valence-corrected chi connectivity index (χ0v) is 18.8. The molecule has 4 aliphatic rings. The van der Waals surface area contributed by atoms with Gasteiger partial charge >= 0.3 is 0 Å². The van der Waals surface area contributed by atoms with Crippen LogP contribution >= 0.6 is 0 Å². The van der Waals surface area contributed by atoms with Gasteiger partial charge < -0.3 is 15.0 Å². The Balaban J connectivity index is 1.27. The van der Waals surface area contributed by atoms with E-state index in [2.05, 4.69) is 15.1 Å². The maximum atomic E-state index is 12.6. The van der Waals surface area contributed by atoms with Crippen LogP contribution in [0, 0.1) is 11.8 Å². The van der Waals surface area contributed by atoms with Crippen LogP contribution in [0.3, 0.4) is 0 Å². The number of rotatable bonds is 8. The summed E-state index contributed by atoms with van der Waals surface area (Å²) in [6.07, 6.45) is 5.11. The summed E-state index contributed by atoms with van der Waals surface area (Å²) in [6, 6.07) is 8.93. The van der Waals surface area contributed by atoms with Crippen molar-refractivity contribution in [2.24, 2.45) is 11.8 Å². The van der Waals surface area contributed by atoms with E-state index in [0.29, 0.717) is 12.1 Å². The lowest BCUT2D eigenvalue weighted by atomic mass is 9.75. The Hall–Kier alpha value is -1.63. The van der Waals surface area contributed by atoms with E-state index < -0.39 is 0 Å². The molecule has 166 valence electrons. The molecule has 5 unspecified atom stereocenters. The first-order chi connectivity index (χ1) is 14.5. The number of amides is 1. The predicted octanol–water partition coefficient (Wildman–Crippen LogP) is 2.30. The number of piperidine rings is 3. The molecule has 6 nitrogen and oxygen atoms in total. The van der Waals surface area contributed by atoms with E-state index in [4.69, 9.17) is 4.74 Å². The van der Waals surface area contributed by atoms with E-state index in [0.717, 1.165) is 36.2 Å². The van der Waals surface area contributed by atoms with Gasteiger partial charge in [-0.3, -0.25) is 14.6 Å². The van der Waals surface area contributed by atoms with Crippen molar-refractivity contribution in [2.75, 3.05) is 65.4 Å². The van der Waals surface area contributed by atoms with Crippen LogP contribution in [0.4, 0.5) is 5.69 Å². The average Bonchev–Trinajstić information content (AvgIpc) is 3.19. The van der Waals surface area contributed by atoms with Crippen molar-refractivity contribution in [1.29, 1.82) is 0 Å². The third-order valence-corrected chi connectivity index (χ3v) is 7.49. The highest BCUT2D eigenvalue weighted by atomic mass is 16.5. The summed E-state index contributed by atoms with van der Waals surface area (Å²) in [5.41, 5.74) is 1.85. The Labute approximate surface area is 181 Å². The van der Waals surface area contributed by atoms with Gasteiger partial charge in [0.1, 0.15) is 0 Å².